The number of ether oxygens (including phenoxy) is 3. The molecule has 3 aromatic heterocycles. The second-order valence-electron chi connectivity index (χ2n) is 6.59. The molecule has 0 aliphatic carbocycles. The molecule has 0 aliphatic heterocycles. The third-order valence-electron chi connectivity index (χ3n) is 4.34. The highest BCUT2D eigenvalue weighted by atomic mass is 16.6. The van der Waals surface area contributed by atoms with Crippen LogP contribution in [-0.2, 0) is 36.2 Å². The number of carbonyl (C=O) groups excluding carboxylic acids is 1. The van der Waals surface area contributed by atoms with Crippen LogP contribution in [0.15, 0.2) is 53.2 Å². The SMILES string of the molecule is COC(=O)Cc1cn(C)nc1OCc1cc(OCc2ccc3ccccc3n2)no1. The lowest BCUT2D eigenvalue weighted by Crippen LogP contribution is -2.05. The van der Waals surface area contributed by atoms with Gasteiger partial charge in [-0.05, 0) is 17.3 Å². The van der Waals surface area contributed by atoms with Crippen molar-refractivity contribution < 1.29 is 23.5 Å². The predicted octanol–water partition coefficient (Wildman–Crippen LogP) is 2.83. The Labute approximate surface area is 172 Å². The number of esters is 1. The van der Waals surface area contributed by atoms with Crippen LogP contribution in [-0.4, -0.2) is 33.0 Å². The molecule has 9 heteroatoms. The minimum atomic E-state index is -0.370. The van der Waals surface area contributed by atoms with Crippen molar-refractivity contribution in [3.8, 4) is 11.8 Å². The Kier molecular flexibility index (Phi) is 5.60. The molecule has 0 fully saturated rings. The first-order valence-electron chi connectivity index (χ1n) is 9.26. The number of nitrogens with zero attached hydrogens (tertiary/aromatic N) is 4. The molecule has 1 aromatic carbocycles. The Morgan fingerprint density at radius 3 is 2.87 bits per heavy atom. The first kappa shape index (κ1) is 19.4. The van der Waals surface area contributed by atoms with Crippen LogP contribution in [0.5, 0.6) is 11.8 Å². The summed E-state index contributed by atoms with van der Waals surface area (Å²) < 4.78 is 22.8. The number of para-hydroxylation sites is 1. The summed E-state index contributed by atoms with van der Waals surface area (Å²) >= 11 is 0. The van der Waals surface area contributed by atoms with Crippen LogP contribution >= 0.6 is 0 Å². The van der Waals surface area contributed by atoms with Crippen LogP contribution in [0.3, 0.4) is 0 Å². The third-order valence-corrected chi connectivity index (χ3v) is 4.34. The maximum absolute atomic E-state index is 11.5. The van der Waals surface area contributed by atoms with Crippen molar-refractivity contribution in [2.45, 2.75) is 19.6 Å². The molecular weight excluding hydrogens is 388 g/mol. The molecule has 4 aromatic rings. The fourth-order valence-corrected chi connectivity index (χ4v) is 2.89. The van der Waals surface area contributed by atoms with E-state index in [0.717, 1.165) is 16.6 Å². The summed E-state index contributed by atoms with van der Waals surface area (Å²) in [7, 11) is 3.08. The smallest absolute Gasteiger partial charge is 0.310 e. The standard InChI is InChI=1S/C21H20N4O5/c1-25-11-15(9-20(26)27-2)21(23-25)29-13-17-10-19(24-30-17)28-12-16-8-7-14-5-3-4-6-18(14)22-16/h3-8,10-11H,9,12-13H2,1-2H3. The van der Waals surface area contributed by atoms with Gasteiger partial charge in [-0.2, -0.15) is 0 Å². The lowest BCUT2D eigenvalue weighted by molar-refractivity contribution is -0.139. The van der Waals surface area contributed by atoms with Gasteiger partial charge in [-0.25, -0.2) is 4.98 Å². The van der Waals surface area contributed by atoms with E-state index in [4.69, 9.17) is 14.0 Å². The second-order valence-corrected chi connectivity index (χ2v) is 6.59. The summed E-state index contributed by atoms with van der Waals surface area (Å²) in [5.74, 6) is 0.762. The third kappa shape index (κ3) is 4.57. The highest BCUT2D eigenvalue weighted by Gasteiger charge is 2.15. The first-order chi connectivity index (χ1) is 14.6. The van der Waals surface area contributed by atoms with E-state index in [-0.39, 0.29) is 25.6 Å². The molecule has 0 saturated carbocycles. The molecule has 9 nitrogen and oxygen atoms in total. The van der Waals surface area contributed by atoms with Crippen molar-refractivity contribution >= 4 is 16.9 Å². The van der Waals surface area contributed by atoms with Gasteiger partial charge >= 0.3 is 5.97 Å². The van der Waals surface area contributed by atoms with Gasteiger partial charge in [0.25, 0.3) is 5.88 Å². The second kappa shape index (κ2) is 8.64. The number of hydrogen-bond acceptors (Lipinski definition) is 8. The first-order valence-corrected chi connectivity index (χ1v) is 9.26. The Balaban J connectivity index is 1.35. The van der Waals surface area contributed by atoms with Crippen molar-refractivity contribution in [1.82, 2.24) is 19.9 Å². The van der Waals surface area contributed by atoms with Crippen LogP contribution < -0.4 is 9.47 Å². The molecule has 0 aliphatic rings. The van der Waals surface area contributed by atoms with Crippen molar-refractivity contribution in [3.05, 3.63) is 65.7 Å². The van der Waals surface area contributed by atoms with Gasteiger partial charge in [0.1, 0.15) is 6.61 Å². The number of rotatable bonds is 8. The number of hydrogen-bond donors (Lipinski definition) is 0. The zero-order chi connectivity index (χ0) is 20.9. The Hall–Kier alpha value is -3.88. The average Bonchev–Trinajstić information content (AvgIpc) is 3.36. The summed E-state index contributed by atoms with van der Waals surface area (Å²) in [4.78, 5) is 16.1. The summed E-state index contributed by atoms with van der Waals surface area (Å²) in [6.07, 6.45) is 1.78. The summed E-state index contributed by atoms with van der Waals surface area (Å²) in [5.41, 5.74) is 2.32. The van der Waals surface area contributed by atoms with Crippen molar-refractivity contribution in [3.63, 3.8) is 0 Å². The molecule has 4 rings (SSSR count). The molecule has 0 amide bonds. The highest BCUT2D eigenvalue weighted by Crippen LogP contribution is 2.20. The summed E-state index contributed by atoms with van der Waals surface area (Å²) in [6.45, 7) is 0.358. The molecule has 0 spiro atoms. The number of carbonyl (C=O) groups is 1. The summed E-state index contributed by atoms with van der Waals surface area (Å²) in [6, 6.07) is 13.4. The van der Waals surface area contributed by atoms with Gasteiger partial charge in [-0.3, -0.25) is 9.48 Å². The minimum absolute atomic E-state index is 0.0726. The number of aryl methyl sites for hydroxylation is 1. The van der Waals surface area contributed by atoms with E-state index < -0.39 is 0 Å². The largest absolute Gasteiger partial charge is 0.469 e. The lowest BCUT2D eigenvalue weighted by Gasteiger charge is -2.03. The fraction of sp³-hybridized carbons (Fsp3) is 0.238. The number of aromatic nitrogens is 4. The molecule has 0 unspecified atom stereocenters. The molecule has 0 bridgehead atoms. The van der Waals surface area contributed by atoms with Crippen LogP contribution in [0.1, 0.15) is 17.0 Å². The van der Waals surface area contributed by atoms with E-state index in [1.54, 1.807) is 24.0 Å². The van der Waals surface area contributed by atoms with Crippen molar-refractivity contribution in [2.24, 2.45) is 7.05 Å². The molecule has 0 saturated heterocycles. The predicted molar refractivity (Wildman–Crippen MR) is 106 cm³/mol. The van der Waals surface area contributed by atoms with Gasteiger partial charge in [0, 0.05) is 30.3 Å². The quantitative estimate of drug-likeness (QED) is 0.410. The molecule has 154 valence electrons. The fourth-order valence-electron chi connectivity index (χ4n) is 2.89. The molecule has 30 heavy (non-hydrogen) atoms. The van der Waals surface area contributed by atoms with Gasteiger partial charge < -0.3 is 18.7 Å². The van der Waals surface area contributed by atoms with Crippen molar-refractivity contribution in [1.29, 1.82) is 0 Å². The summed E-state index contributed by atoms with van der Waals surface area (Å²) in [5, 5.41) is 9.17. The monoisotopic (exact) mass is 408 g/mol. The van der Waals surface area contributed by atoms with Crippen LogP contribution in [0, 0.1) is 0 Å². The van der Waals surface area contributed by atoms with Gasteiger partial charge in [0.15, 0.2) is 12.4 Å². The molecule has 3 heterocycles. The normalized spacial score (nSPS) is 10.9. The Morgan fingerprint density at radius 1 is 1.13 bits per heavy atom. The van der Waals surface area contributed by atoms with E-state index >= 15 is 0 Å². The molecule has 0 atom stereocenters. The zero-order valence-electron chi connectivity index (χ0n) is 16.6. The van der Waals surface area contributed by atoms with E-state index in [1.807, 2.05) is 36.4 Å². The molecular formula is C21H20N4O5. The number of pyridine rings is 1. The minimum Gasteiger partial charge on any atom is -0.469 e. The Bertz CT molecular complexity index is 1170. The topological polar surface area (TPSA) is 102 Å². The number of fused-ring (bicyclic) bond motifs is 1. The van der Waals surface area contributed by atoms with Gasteiger partial charge in [-0.1, -0.05) is 24.3 Å². The number of methoxy groups -OCH3 is 1. The van der Waals surface area contributed by atoms with Crippen LogP contribution in [0.2, 0.25) is 0 Å². The molecule has 0 N–H and O–H groups in total. The highest BCUT2D eigenvalue weighted by molar-refractivity contribution is 5.78. The van der Waals surface area contributed by atoms with E-state index in [2.05, 4.69) is 20.0 Å². The zero-order valence-corrected chi connectivity index (χ0v) is 16.6. The van der Waals surface area contributed by atoms with E-state index in [1.165, 1.54) is 7.11 Å². The van der Waals surface area contributed by atoms with E-state index in [0.29, 0.717) is 23.1 Å². The van der Waals surface area contributed by atoms with Crippen LogP contribution in [0.25, 0.3) is 10.9 Å². The maximum atomic E-state index is 11.5. The van der Waals surface area contributed by atoms with Gasteiger partial charge in [0.2, 0.25) is 5.88 Å². The Morgan fingerprint density at radius 2 is 2.00 bits per heavy atom. The van der Waals surface area contributed by atoms with Crippen molar-refractivity contribution in [2.75, 3.05) is 7.11 Å². The van der Waals surface area contributed by atoms with Gasteiger partial charge in [0.05, 0.1) is 24.7 Å². The molecule has 0 radical (unpaired) electrons. The van der Waals surface area contributed by atoms with Crippen LogP contribution in [0.4, 0.5) is 0 Å². The van der Waals surface area contributed by atoms with E-state index in [9.17, 15) is 4.79 Å². The number of benzene rings is 1. The average molecular weight is 408 g/mol. The lowest BCUT2D eigenvalue weighted by atomic mass is 10.2. The maximum Gasteiger partial charge on any atom is 0.310 e. The van der Waals surface area contributed by atoms with Gasteiger partial charge in [-0.15, -0.1) is 5.10 Å².